The van der Waals surface area contributed by atoms with E-state index in [0.29, 0.717) is 47.3 Å². The lowest BCUT2D eigenvalue weighted by Gasteiger charge is -2.24. The van der Waals surface area contributed by atoms with E-state index >= 15 is 0 Å². The number of likely N-dealkylation sites (tertiary alicyclic amines) is 1. The Hall–Kier alpha value is -2.86. The number of halogens is 1. The predicted octanol–water partition coefficient (Wildman–Crippen LogP) is 4.36. The second-order valence-corrected chi connectivity index (χ2v) is 8.55. The summed E-state index contributed by atoms with van der Waals surface area (Å²) in [5.41, 5.74) is 1.43. The number of amides is 3. The van der Waals surface area contributed by atoms with Crippen molar-refractivity contribution >= 4 is 35.0 Å². The Balaban J connectivity index is 1.62. The molecule has 3 amide bonds. The summed E-state index contributed by atoms with van der Waals surface area (Å²) in [6, 6.07) is 13.1. The smallest absolute Gasteiger partial charge is 0.257 e. The summed E-state index contributed by atoms with van der Waals surface area (Å²) in [5, 5.41) is 6.11. The second kappa shape index (κ2) is 10.4. The molecule has 2 aromatic carbocycles. The van der Waals surface area contributed by atoms with Gasteiger partial charge in [-0.3, -0.25) is 14.4 Å². The van der Waals surface area contributed by atoms with Crippen LogP contribution in [-0.4, -0.2) is 41.8 Å². The maximum Gasteiger partial charge on any atom is 0.257 e. The van der Waals surface area contributed by atoms with Gasteiger partial charge in [0, 0.05) is 24.3 Å². The highest BCUT2D eigenvalue weighted by molar-refractivity contribution is 6.34. The minimum atomic E-state index is -0.431. The molecule has 0 bridgehead atoms. The third-order valence-corrected chi connectivity index (χ3v) is 5.68. The lowest BCUT2D eigenvalue weighted by atomic mass is 10.1. The van der Waals surface area contributed by atoms with E-state index in [4.69, 9.17) is 11.6 Å². The molecule has 1 fully saturated rings. The molecule has 2 N–H and O–H groups in total. The van der Waals surface area contributed by atoms with Crippen LogP contribution in [0.2, 0.25) is 5.02 Å². The molecule has 0 aliphatic carbocycles. The number of benzene rings is 2. The van der Waals surface area contributed by atoms with Crippen LogP contribution in [0.1, 0.15) is 53.8 Å². The van der Waals surface area contributed by atoms with Crippen molar-refractivity contribution < 1.29 is 14.4 Å². The van der Waals surface area contributed by atoms with Crippen LogP contribution >= 0.6 is 11.6 Å². The molecule has 6 nitrogen and oxygen atoms in total. The van der Waals surface area contributed by atoms with Gasteiger partial charge in [-0.25, -0.2) is 0 Å². The molecule has 0 aromatic heterocycles. The van der Waals surface area contributed by atoms with E-state index in [-0.39, 0.29) is 17.7 Å². The summed E-state index contributed by atoms with van der Waals surface area (Å²) in [5.74, 6) is -0.0681. The standard InChI is InChI=1S/C24H28ClN3O3/c1-16(2)13-14-26-23(30)21-8-5-15-28(21)24(31)17-9-11-18(12-10-17)27-22(29)19-6-3-4-7-20(19)25/h3-4,6-7,9-12,16,21H,5,8,13-15H2,1-2H3,(H,26,30)(H,27,29). The molecule has 2 aromatic rings. The molecule has 0 spiro atoms. The highest BCUT2D eigenvalue weighted by Crippen LogP contribution is 2.22. The molecule has 31 heavy (non-hydrogen) atoms. The van der Waals surface area contributed by atoms with Crippen LogP contribution in [-0.2, 0) is 4.79 Å². The zero-order valence-corrected chi connectivity index (χ0v) is 18.6. The first-order valence-electron chi connectivity index (χ1n) is 10.6. The van der Waals surface area contributed by atoms with Gasteiger partial charge in [-0.15, -0.1) is 0 Å². The Labute approximate surface area is 188 Å². The van der Waals surface area contributed by atoms with Gasteiger partial charge in [0.2, 0.25) is 5.91 Å². The highest BCUT2D eigenvalue weighted by Gasteiger charge is 2.34. The minimum Gasteiger partial charge on any atom is -0.354 e. The molecule has 0 saturated carbocycles. The molecule has 1 aliphatic heterocycles. The first-order chi connectivity index (χ1) is 14.9. The normalized spacial score (nSPS) is 15.7. The average Bonchev–Trinajstić information content (AvgIpc) is 3.24. The van der Waals surface area contributed by atoms with Gasteiger partial charge in [-0.2, -0.15) is 0 Å². The Morgan fingerprint density at radius 3 is 2.48 bits per heavy atom. The number of anilines is 1. The zero-order valence-electron chi connectivity index (χ0n) is 17.9. The fourth-order valence-corrected chi connectivity index (χ4v) is 3.81. The van der Waals surface area contributed by atoms with Gasteiger partial charge >= 0.3 is 0 Å². The van der Waals surface area contributed by atoms with E-state index in [0.717, 1.165) is 12.8 Å². The molecule has 1 atom stereocenters. The first-order valence-corrected chi connectivity index (χ1v) is 11.0. The summed E-state index contributed by atoms with van der Waals surface area (Å²) in [7, 11) is 0. The molecule has 1 unspecified atom stereocenters. The molecular weight excluding hydrogens is 414 g/mol. The summed E-state index contributed by atoms with van der Waals surface area (Å²) >= 11 is 6.07. The number of rotatable bonds is 7. The van der Waals surface area contributed by atoms with Crippen LogP contribution in [0, 0.1) is 5.92 Å². The van der Waals surface area contributed by atoms with E-state index in [9.17, 15) is 14.4 Å². The quantitative estimate of drug-likeness (QED) is 0.670. The molecule has 1 saturated heterocycles. The number of hydrogen-bond donors (Lipinski definition) is 2. The van der Waals surface area contributed by atoms with Crippen molar-refractivity contribution in [3.05, 3.63) is 64.7 Å². The number of carbonyl (C=O) groups excluding carboxylic acids is 3. The Morgan fingerprint density at radius 1 is 1.10 bits per heavy atom. The van der Waals surface area contributed by atoms with Gasteiger partial charge in [0.25, 0.3) is 11.8 Å². The van der Waals surface area contributed by atoms with E-state index < -0.39 is 6.04 Å². The molecule has 3 rings (SSSR count). The second-order valence-electron chi connectivity index (χ2n) is 8.14. The van der Waals surface area contributed by atoms with Crippen molar-refractivity contribution in [3.8, 4) is 0 Å². The maximum atomic E-state index is 13.0. The molecule has 7 heteroatoms. The SMILES string of the molecule is CC(C)CCNC(=O)C1CCCN1C(=O)c1ccc(NC(=O)c2ccccc2Cl)cc1. The fraction of sp³-hybridized carbons (Fsp3) is 0.375. The number of nitrogens with one attached hydrogen (secondary N) is 2. The molecule has 1 aliphatic rings. The van der Waals surface area contributed by atoms with Gasteiger partial charge in [-0.1, -0.05) is 37.6 Å². The number of carbonyl (C=O) groups is 3. The van der Waals surface area contributed by atoms with Crippen LogP contribution in [0.4, 0.5) is 5.69 Å². The maximum absolute atomic E-state index is 13.0. The largest absolute Gasteiger partial charge is 0.354 e. The van der Waals surface area contributed by atoms with E-state index in [2.05, 4.69) is 24.5 Å². The lowest BCUT2D eigenvalue weighted by Crippen LogP contribution is -2.46. The van der Waals surface area contributed by atoms with Crippen molar-refractivity contribution in [2.75, 3.05) is 18.4 Å². The minimum absolute atomic E-state index is 0.0878. The molecular formula is C24H28ClN3O3. The van der Waals surface area contributed by atoms with Gasteiger partial charge in [0.15, 0.2) is 0 Å². The molecule has 1 heterocycles. The Kier molecular flexibility index (Phi) is 7.69. The van der Waals surface area contributed by atoms with E-state index in [1.807, 2.05) is 0 Å². The molecule has 0 radical (unpaired) electrons. The third-order valence-electron chi connectivity index (χ3n) is 5.35. The Morgan fingerprint density at radius 2 is 1.81 bits per heavy atom. The summed E-state index contributed by atoms with van der Waals surface area (Å²) in [6.07, 6.45) is 2.39. The van der Waals surface area contributed by atoms with Gasteiger partial charge < -0.3 is 15.5 Å². The van der Waals surface area contributed by atoms with Crippen LogP contribution in [0.5, 0.6) is 0 Å². The fourth-order valence-electron chi connectivity index (χ4n) is 3.59. The van der Waals surface area contributed by atoms with Crippen LogP contribution in [0.25, 0.3) is 0 Å². The summed E-state index contributed by atoms with van der Waals surface area (Å²) in [4.78, 5) is 39.6. The number of nitrogens with zero attached hydrogens (tertiary/aromatic N) is 1. The monoisotopic (exact) mass is 441 g/mol. The third kappa shape index (κ3) is 5.85. The predicted molar refractivity (Wildman–Crippen MR) is 122 cm³/mol. The van der Waals surface area contributed by atoms with Crippen molar-refractivity contribution in [2.24, 2.45) is 5.92 Å². The van der Waals surface area contributed by atoms with Gasteiger partial charge in [0.05, 0.1) is 10.6 Å². The number of hydrogen-bond acceptors (Lipinski definition) is 3. The summed E-state index contributed by atoms with van der Waals surface area (Å²) in [6.45, 7) is 5.40. The van der Waals surface area contributed by atoms with E-state index in [1.165, 1.54) is 0 Å². The van der Waals surface area contributed by atoms with Crippen molar-refractivity contribution in [1.82, 2.24) is 10.2 Å². The lowest BCUT2D eigenvalue weighted by molar-refractivity contribution is -0.124. The topological polar surface area (TPSA) is 78.5 Å². The molecule has 164 valence electrons. The highest BCUT2D eigenvalue weighted by atomic mass is 35.5. The summed E-state index contributed by atoms with van der Waals surface area (Å²) < 4.78 is 0. The van der Waals surface area contributed by atoms with Crippen molar-refractivity contribution in [3.63, 3.8) is 0 Å². The van der Waals surface area contributed by atoms with Crippen molar-refractivity contribution in [1.29, 1.82) is 0 Å². The van der Waals surface area contributed by atoms with Gasteiger partial charge in [-0.05, 0) is 61.6 Å². The van der Waals surface area contributed by atoms with Crippen LogP contribution < -0.4 is 10.6 Å². The van der Waals surface area contributed by atoms with Gasteiger partial charge in [0.1, 0.15) is 6.04 Å². The van der Waals surface area contributed by atoms with Crippen molar-refractivity contribution in [2.45, 2.75) is 39.2 Å². The first kappa shape index (κ1) is 22.8. The zero-order chi connectivity index (χ0) is 22.4. The van der Waals surface area contributed by atoms with E-state index in [1.54, 1.807) is 53.4 Å². The van der Waals surface area contributed by atoms with Crippen LogP contribution in [0.15, 0.2) is 48.5 Å². The van der Waals surface area contributed by atoms with Crippen LogP contribution in [0.3, 0.4) is 0 Å². The average molecular weight is 442 g/mol. The Bertz CT molecular complexity index is 943.